The van der Waals surface area contributed by atoms with Crippen molar-refractivity contribution in [3.63, 3.8) is 0 Å². The van der Waals surface area contributed by atoms with Crippen LogP contribution in [-0.2, 0) is 6.54 Å². The van der Waals surface area contributed by atoms with Gasteiger partial charge in [-0.3, -0.25) is 4.90 Å². The molecule has 1 saturated heterocycles. The zero-order valence-corrected chi connectivity index (χ0v) is 11.0. The molecular weight excluding hydrogens is 224 g/mol. The Morgan fingerprint density at radius 1 is 1.33 bits per heavy atom. The van der Waals surface area contributed by atoms with Crippen molar-refractivity contribution in [2.24, 2.45) is 11.7 Å². The minimum Gasteiger partial charge on any atom is -0.396 e. The van der Waals surface area contributed by atoms with Gasteiger partial charge in [0, 0.05) is 25.7 Å². The second-order valence-corrected chi connectivity index (χ2v) is 5.30. The number of benzene rings is 1. The monoisotopic (exact) mass is 248 g/mol. The molecule has 0 unspecified atom stereocenters. The second kappa shape index (κ2) is 6.88. The molecule has 3 nitrogen and oxygen atoms in total. The van der Waals surface area contributed by atoms with Crippen molar-refractivity contribution in [1.29, 1.82) is 0 Å². The lowest BCUT2D eigenvalue weighted by Crippen LogP contribution is -2.43. The van der Waals surface area contributed by atoms with Crippen LogP contribution >= 0.6 is 0 Å². The lowest BCUT2D eigenvalue weighted by Gasteiger charge is -2.35. The number of piperidine rings is 1. The van der Waals surface area contributed by atoms with Gasteiger partial charge in [0.25, 0.3) is 0 Å². The first-order chi connectivity index (χ1) is 8.79. The van der Waals surface area contributed by atoms with E-state index in [-0.39, 0.29) is 12.6 Å². The van der Waals surface area contributed by atoms with E-state index in [1.54, 1.807) is 0 Å². The number of likely N-dealkylation sites (tertiary alicyclic amines) is 1. The molecule has 0 aromatic heterocycles. The van der Waals surface area contributed by atoms with Gasteiger partial charge in [0.15, 0.2) is 0 Å². The van der Waals surface area contributed by atoms with E-state index in [0.29, 0.717) is 5.92 Å². The van der Waals surface area contributed by atoms with Gasteiger partial charge < -0.3 is 10.8 Å². The van der Waals surface area contributed by atoms with E-state index >= 15 is 0 Å². The van der Waals surface area contributed by atoms with Gasteiger partial charge in [0.05, 0.1) is 0 Å². The first-order valence-electron chi connectivity index (χ1n) is 6.92. The lowest BCUT2D eigenvalue weighted by atomic mass is 9.89. The van der Waals surface area contributed by atoms with Gasteiger partial charge in [-0.15, -0.1) is 0 Å². The van der Waals surface area contributed by atoms with Crippen molar-refractivity contribution in [3.8, 4) is 0 Å². The molecule has 1 aliphatic rings. The van der Waals surface area contributed by atoms with E-state index in [2.05, 4.69) is 35.2 Å². The summed E-state index contributed by atoms with van der Waals surface area (Å²) in [4.78, 5) is 2.49. The molecule has 0 radical (unpaired) electrons. The molecule has 0 saturated carbocycles. The molecule has 2 atom stereocenters. The predicted molar refractivity (Wildman–Crippen MR) is 74.1 cm³/mol. The Balaban J connectivity index is 1.87. The number of hydrogen-bond donors (Lipinski definition) is 2. The van der Waals surface area contributed by atoms with Crippen LogP contribution in [0.25, 0.3) is 0 Å². The van der Waals surface area contributed by atoms with Crippen LogP contribution in [0.3, 0.4) is 0 Å². The molecule has 1 heterocycles. The van der Waals surface area contributed by atoms with Gasteiger partial charge >= 0.3 is 0 Å². The van der Waals surface area contributed by atoms with Crippen molar-refractivity contribution >= 4 is 0 Å². The van der Waals surface area contributed by atoms with Gasteiger partial charge in [-0.05, 0) is 37.3 Å². The number of rotatable bonds is 5. The first-order valence-corrected chi connectivity index (χ1v) is 6.92. The summed E-state index contributed by atoms with van der Waals surface area (Å²) in [7, 11) is 0. The Morgan fingerprint density at radius 3 is 2.83 bits per heavy atom. The second-order valence-electron chi connectivity index (χ2n) is 5.30. The number of nitrogens with zero attached hydrogens (tertiary/aromatic N) is 1. The van der Waals surface area contributed by atoms with Crippen molar-refractivity contribution in [2.45, 2.75) is 31.8 Å². The summed E-state index contributed by atoms with van der Waals surface area (Å²) in [6.45, 7) is 3.45. The Hall–Kier alpha value is -0.900. The Labute approximate surface area is 110 Å². The van der Waals surface area contributed by atoms with Gasteiger partial charge in [0.1, 0.15) is 0 Å². The molecule has 18 heavy (non-hydrogen) atoms. The van der Waals surface area contributed by atoms with Crippen LogP contribution in [0.2, 0.25) is 0 Å². The highest BCUT2D eigenvalue weighted by atomic mass is 16.3. The fraction of sp³-hybridized carbons (Fsp3) is 0.600. The quantitative estimate of drug-likeness (QED) is 0.832. The van der Waals surface area contributed by atoms with Crippen molar-refractivity contribution in [1.82, 2.24) is 4.90 Å². The highest BCUT2D eigenvalue weighted by Crippen LogP contribution is 2.21. The molecule has 100 valence electrons. The van der Waals surface area contributed by atoms with Gasteiger partial charge in [0.2, 0.25) is 0 Å². The van der Waals surface area contributed by atoms with Crippen LogP contribution in [0.4, 0.5) is 0 Å². The maximum atomic E-state index is 8.97. The smallest absolute Gasteiger partial charge is 0.0445 e. The largest absolute Gasteiger partial charge is 0.396 e. The third-order valence-electron chi connectivity index (χ3n) is 3.86. The Kier molecular flexibility index (Phi) is 5.17. The van der Waals surface area contributed by atoms with Crippen LogP contribution in [0, 0.1) is 5.92 Å². The summed E-state index contributed by atoms with van der Waals surface area (Å²) in [6, 6.07) is 10.7. The molecule has 3 heteroatoms. The summed E-state index contributed by atoms with van der Waals surface area (Å²) in [5, 5.41) is 8.97. The number of hydrogen-bond acceptors (Lipinski definition) is 3. The highest BCUT2D eigenvalue weighted by Gasteiger charge is 2.24. The predicted octanol–water partition coefficient (Wildman–Crippen LogP) is 1.61. The molecule has 0 spiro atoms. The molecule has 3 N–H and O–H groups in total. The molecule has 0 bridgehead atoms. The molecule has 1 aromatic carbocycles. The summed E-state index contributed by atoms with van der Waals surface area (Å²) >= 11 is 0. The van der Waals surface area contributed by atoms with Crippen LogP contribution in [0.1, 0.15) is 24.8 Å². The summed E-state index contributed by atoms with van der Waals surface area (Å²) in [5.74, 6) is 0.537. The SMILES string of the molecule is N[C@@H](CCO)[C@H]1CCCN(Cc2ccccc2)C1. The molecule has 0 aliphatic carbocycles. The molecular formula is C15H24N2O. The Morgan fingerprint density at radius 2 is 2.11 bits per heavy atom. The average molecular weight is 248 g/mol. The molecule has 1 aromatic rings. The topological polar surface area (TPSA) is 49.5 Å². The molecule has 1 aliphatic heterocycles. The first kappa shape index (κ1) is 13.5. The summed E-state index contributed by atoms with van der Waals surface area (Å²) in [6.07, 6.45) is 3.15. The standard InChI is InChI=1S/C15H24N2O/c16-15(8-10-18)14-7-4-9-17(12-14)11-13-5-2-1-3-6-13/h1-3,5-6,14-15,18H,4,7-12,16H2/t14-,15-/m0/s1. The maximum absolute atomic E-state index is 8.97. The third-order valence-corrected chi connectivity index (χ3v) is 3.86. The normalized spacial score (nSPS) is 22.9. The van der Waals surface area contributed by atoms with E-state index in [4.69, 9.17) is 10.8 Å². The number of nitrogens with two attached hydrogens (primary N) is 1. The average Bonchev–Trinajstić information content (AvgIpc) is 2.40. The Bertz CT molecular complexity index is 342. The van der Waals surface area contributed by atoms with Crippen LogP contribution in [0.5, 0.6) is 0 Å². The van der Waals surface area contributed by atoms with Crippen LogP contribution < -0.4 is 5.73 Å². The van der Waals surface area contributed by atoms with E-state index in [1.807, 2.05) is 0 Å². The minimum absolute atomic E-state index is 0.147. The highest BCUT2D eigenvalue weighted by molar-refractivity contribution is 5.14. The van der Waals surface area contributed by atoms with E-state index < -0.39 is 0 Å². The summed E-state index contributed by atoms with van der Waals surface area (Å²) < 4.78 is 0. The minimum atomic E-state index is 0.147. The van der Waals surface area contributed by atoms with Gasteiger partial charge in [-0.1, -0.05) is 30.3 Å². The van der Waals surface area contributed by atoms with E-state index in [0.717, 1.165) is 26.1 Å². The van der Waals surface area contributed by atoms with Crippen molar-refractivity contribution < 1.29 is 5.11 Å². The third kappa shape index (κ3) is 3.80. The maximum Gasteiger partial charge on any atom is 0.0445 e. The van der Waals surface area contributed by atoms with Crippen LogP contribution in [0.15, 0.2) is 30.3 Å². The zero-order chi connectivity index (χ0) is 12.8. The van der Waals surface area contributed by atoms with E-state index in [9.17, 15) is 0 Å². The van der Waals surface area contributed by atoms with E-state index in [1.165, 1.54) is 18.4 Å². The number of aliphatic hydroxyl groups is 1. The van der Waals surface area contributed by atoms with Crippen LogP contribution in [-0.4, -0.2) is 35.7 Å². The lowest BCUT2D eigenvalue weighted by molar-refractivity contribution is 0.139. The van der Waals surface area contributed by atoms with Gasteiger partial charge in [-0.25, -0.2) is 0 Å². The molecule has 2 rings (SSSR count). The van der Waals surface area contributed by atoms with Crippen molar-refractivity contribution in [3.05, 3.63) is 35.9 Å². The van der Waals surface area contributed by atoms with Gasteiger partial charge in [-0.2, -0.15) is 0 Å². The summed E-state index contributed by atoms with van der Waals surface area (Å²) in [5.41, 5.74) is 7.50. The molecule has 1 fully saturated rings. The van der Waals surface area contributed by atoms with Crippen molar-refractivity contribution in [2.75, 3.05) is 19.7 Å². The number of aliphatic hydroxyl groups excluding tert-OH is 1. The fourth-order valence-corrected chi connectivity index (χ4v) is 2.81. The zero-order valence-electron chi connectivity index (χ0n) is 11.0. The molecule has 0 amide bonds. The fourth-order valence-electron chi connectivity index (χ4n) is 2.81.